The molecule has 19 heavy (non-hydrogen) atoms. The third-order valence-electron chi connectivity index (χ3n) is 3.36. The minimum absolute atomic E-state index is 0.202. The van der Waals surface area contributed by atoms with Crippen LogP contribution in [0.3, 0.4) is 0 Å². The van der Waals surface area contributed by atoms with Crippen LogP contribution in [0, 0.1) is 5.82 Å². The van der Waals surface area contributed by atoms with Crippen LogP contribution in [0.4, 0.5) is 4.39 Å². The second-order valence-electron chi connectivity index (χ2n) is 4.65. The molecule has 2 aromatic rings. The fourth-order valence-electron chi connectivity index (χ4n) is 2.40. The van der Waals surface area contributed by atoms with E-state index in [0.29, 0.717) is 22.8 Å². The van der Waals surface area contributed by atoms with Gasteiger partial charge in [-0.2, -0.15) is 0 Å². The van der Waals surface area contributed by atoms with Crippen molar-refractivity contribution in [2.45, 2.75) is 18.6 Å². The minimum Gasteiger partial charge on any atom is -0.485 e. The Balaban J connectivity index is 1.97. The maximum atomic E-state index is 13.8. The number of hydrogen-bond acceptors (Lipinski definition) is 2. The molecule has 1 aliphatic heterocycles. The van der Waals surface area contributed by atoms with Gasteiger partial charge in [0, 0.05) is 28.6 Å². The van der Waals surface area contributed by atoms with Crippen molar-refractivity contribution >= 4 is 11.6 Å². The Labute approximate surface area is 115 Å². The molecule has 2 unspecified atom stereocenters. The van der Waals surface area contributed by atoms with Crippen LogP contribution in [0.5, 0.6) is 5.75 Å². The predicted octanol–water partition coefficient (Wildman–Crippen LogP) is 4.00. The molecule has 2 aromatic carbocycles. The predicted molar refractivity (Wildman–Crippen MR) is 72.8 cm³/mol. The van der Waals surface area contributed by atoms with Gasteiger partial charge in [0.2, 0.25) is 0 Å². The summed E-state index contributed by atoms with van der Waals surface area (Å²) in [6.07, 6.45) is 0.179. The highest BCUT2D eigenvalue weighted by Gasteiger charge is 2.28. The monoisotopic (exact) mass is 277 g/mol. The molecule has 2 nitrogen and oxygen atoms in total. The van der Waals surface area contributed by atoms with Gasteiger partial charge in [0.15, 0.2) is 0 Å². The molecule has 0 amide bonds. The zero-order chi connectivity index (χ0) is 13.4. The third kappa shape index (κ3) is 2.31. The van der Waals surface area contributed by atoms with E-state index < -0.39 is 0 Å². The average molecular weight is 278 g/mol. The van der Waals surface area contributed by atoms with Gasteiger partial charge in [-0.1, -0.05) is 29.8 Å². The minimum atomic E-state index is -0.357. The maximum Gasteiger partial charge on any atom is 0.130 e. The Morgan fingerprint density at radius 2 is 1.95 bits per heavy atom. The number of ether oxygens (including phenoxy) is 1. The lowest BCUT2D eigenvalue weighted by Gasteiger charge is -2.30. The van der Waals surface area contributed by atoms with E-state index in [1.807, 2.05) is 0 Å². The fourth-order valence-corrected chi connectivity index (χ4v) is 2.58. The summed E-state index contributed by atoms with van der Waals surface area (Å²) in [5.74, 6) is 0.411. The molecule has 0 aliphatic carbocycles. The van der Waals surface area contributed by atoms with E-state index in [1.165, 1.54) is 6.07 Å². The lowest BCUT2D eigenvalue weighted by molar-refractivity contribution is 0.157. The van der Waals surface area contributed by atoms with Gasteiger partial charge >= 0.3 is 0 Å². The van der Waals surface area contributed by atoms with E-state index in [0.717, 1.165) is 5.56 Å². The quantitative estimate of drug-likeness (QED) is 0.855. The van der Waals surface area contributed by atoms with Gasteiger partial charge in [0.1, 0.15) is 17.7 Å². The molecule has 0 fully saturated rings. The Kier molecular flexibility index (Phi) is 3.17. The molecule has 0 radical (unpaired) electrons. The number of nitrogens with two attached hydrogens (primary N) is 1. The summed E-state index contributed by atoms with van der Waals surface area (Å²) in [5.41, 5.74) is 7.55. The number of hydrogen-bond donors (Lipinski definition) is 1. The summed E-state index contributed by atoms with van der Waals surface area (Å²) in [6, 6.07) is 11.8. The molecule has 3 rings (SSSR count). The third-order valence-corrected chi connectivity index (χ3v) is 3.60. The molecule has 4 heteroatoms. The highest BCUT2D eigenvalue weighted by atomic mass is 35.5. The largest absolute Gasteiger partial charge is 0.485 e. The van der Waals surface area contributed by atoms with Crippen molar-refractivity contribution in [2.75, 3.05) is 0 Å². The van der Waals surface area contributed by atoms with Gasteiger partial charge in [-0.05, 0) is 24.3 Å². The Morgan fingerprint density at radius 3 is 2.74 bits per heavy atom. The first kappa shape index (κ1) is 12.5. The van der Waals surface area contributed by atoms with E-state index in [-0.39, 0.29) is 18.0 Å². The molecule has 2 N–H and O–H groups in total. The summed E-state index contributed by atoms with van der Waals surface area (Å²) in [4.78, 5) is 0. The van der Waals surface area contributed by atoms with Crippen LogP contribution in [0.25, 0.3) is 0 Å². The zero-order valence-corrected chi connectivity index (χ0v) is 10.9. The zero-order valence-electron chi connectivity index (χ0n) is 10.1. The van der Waals surface area contributed by atoms with Gasteiger partial charge < -0.3 is 10.5 Å². The number of halogens is 2. The van der Waals surface area contributed by atoms with Crippen LogP contribution in [-0.2, 0) is 0 Å². The molecule has 2 atom stereocenters. The molecule has 0 saturated carbocycles. The smallest absolute Gasteiger partial charge is 0.130 e. The molecule has 0 saturated heterocycles. The highest BCUT2D eigenvalue weighted by molar-refractivity contribution is 6.30. The van der Waals surface area contributed by atoms with Crippen molar-refractivity contribution < 1.29 is 9.13 Å². The molecule has 1 aliphatic rings. The van der Waals surface area contributed by atoms with Crippen molar-refractivity contribution in [1.82, 2.24) is 0 Å². The highest BCUT2D eigenvalue weighted by Crippen LogP contribution is 2.41. The van der Waals surface area contributed by atoms with Crippen LogP contribution in [0.15, 0.2) is 42.5 Å². The topological polar surface area (TPSA) is 35.2 Å². The Hall–Kier alpha value is -1.58. The molecule has 0 spiro atoms. The first-order valence-electron chi connectivity index (χ1n) is 6.11. The standard InChI is InChI=1S/C15H13ClFNO/c16-9-5-6-14-11(7-9)13(18)8-15(19-14)10-3-1-2-4-12(10)17/h1-7,13,15H,8,18H2. The van der Waals surface area contributed by atoms with E-state index in [9.17, 15) is 4.39 Å². The number of fused-ring (bicyclic) bond motifs is 1. The summed E-state index contributed by atoms with van der Waals surface area (Å²) in [6.45, 7) is 0. The lowest BCUT2D eigenvalue weighted by Crippen LogP contribution is -2.24. The summed E-state index contributed by atoms with van der Waals surface area (Å²) in [5, 5.41) is 0.627. The van der Waals surface area contributed by atoms with Gasteiger partial charge in [0.05, 0.1) is 0 Å². The Morgan fingerprint density at radius 1 is 1.16 bits per heavy atom. The van der Waals surface area contributed by atoms with Gasteiger partial charge in [-0.15, -0.1) is 0 Å². The second kappa shape index (κ2) is 4.83. The SMILES string of the molecule is NC1CC(c2ccccc2F)Oc2ccc(Cl)cc21. The van der Waals surface area contributed by atoms with Crippen molar-refractivity contribution in [3.8, 4) is 5.75 Å². The lowest BCUT2D eigenvalue weighted by atomic mass is 9.93. The van der Waals surface area contributed by atoms with Gasteiger partial charge in [-0.25, -0.2) is 4.39 Å². The van der Waals surface area contributed by atoms with E-state index in [2.05, 4.69) is 0 Å². The molecule has 0 bridgehead atoms. The van der Waals surface area contributed by atoms with E-state index >= 15 is 0 Å². The summed E-state index contributed by atoms with van der Waals surface area (Å²) >= 11 is 5.95. The molecule has 1 heterocycles. The summed E-state index contributed by atoms with van der Waals surface area (Å²) in [7, 11) is 0. The first-order valence-corrected chi connectivity index (χ1v) is 6.49. The van der Waals surface area contributed by atoms with E-state index in [1.54, 1.807) is 36.4 Å². The molecular weight excluding hydrogens is 265 g/mol. The average Bonchev–Trinajstić information content (AvgIpc) is 2.40. The van der Waals surface area contributed by atoms with Crippen molar-refractivity contribution in [3.05, 3.63) is 64.4 Å². The van der Waals surface area contributed by atoms with Gasteiger partial charge in [0.25, 0.3) is 0 Å². The molecular formula is C15H13ClFNO. The van der Waals surface area contributed by atoms with E-state index in [4.69, 9.17) is 22.1 Å². The van der Waals surface area contributed by atoms with Crippen LogP contribution >= 0.6 is 11.6 Å². The fraction of sp³-hybridized carbons (Fsp3) is 0.200. The van der Waals surface area contributed by atoms with Crippen molar-refractivity contribution in [3.63, 3.8) is 0 Å². The van der Waals surface area contributed by atoms with Crippen molar-refractivity contribution in [2.24, 2.45) is 5.73 Å². The Bertz CT molecular complexity index is 617. The first-order chi connectivity index (χ1) is 9.15. The number of benzene rings is 2. The van der Waals surface area contributed by atoms with Crippen LogP contribution in [0.1, 0.15) is 29.7 Å². The van der Waals surface area contributed by atoms with Crippen LogP contribution in [-0.4, -0.2) is 0 Å². The van der Waals surface area contributed by atoms with Crippen LogP contribution in [0.2, 0.25) is 5.02 Å². The van der Waals surface area contributed by atoms with Crippen molar-refractivity contribution in [1.29, 1.82) is 0 Å². The second-order valence-corrected chi connectivity index (χ2v) is 5.09. The summed E-state index contributed by atoms with van der Waals surface area (Å²) < 4.78 is 19.6. The van der Waals surface area contributed by atoms with Crippen LogP contribution < -0.4 is 10.5 Å². The maximum absolute atomic E-state index is 13.8. The molecule has 98 valence electrons. The van der Waals surface area contributed by atoms with Gasteiger partial charge in [-0.3, -0.25) is 0 Å². The number of rotatable bonds is 1. The molecule has 0 aromatic heterocycles. The normalized spacial score (nSPS) is 21.6.